The van der Waals surface area contributed by atoms with Crippen LogP contribution in [0.5, 0.6) is 0 Å². The van der Waals surface area contributed by atoms with Gasteiger partial charge in [-0.15, -0.1) is 12.6 Å². The lowest BCUT2D eigenvalue weighted by atomic mass is 10.9. The van der Waals surface area contributed by atoms with Crippen LogP contribution in [0.25, 0.3) is 0 Å². The van der Waals surface area contributed by atoms with Gasteiger partial charge in [0.05, 0.1) is 7.11 Å². The molecule has 0 aliphatic carbocycles. The Morgan fingerprint density at radius 1 is 1.78 bits per heavy atom. The highest BCUT2D eigenvalue weighted by molar-refractivity contribution is 8.11. The first-order valence-electron chi connectivity index (χ1n) is 2.14. The van der Waals surface area contributed by atoms with E-state index in [4.69, 9.17) is 0 Å². The first-order chi connectivity index (χ1) is 4.09. The van der Waals surface area contributed by atoms with Gasteiger partial charge in [0.15, 0.2) is 0 Å². The number of carbonyl (C=O) groups excluding carboxylic acids is 1. The number of hydrogen-bond donors (Lipinski definition) is 1. The average Bonchev–Trinajstić information content (AvgIpc) is 1.84. The van der Waals surface area contributed by atoms with Crippen molar-refractivity contribution in [2.45, 2.75) is 0 Å². The maximum Gasteiger partial charge on any atom is 0.414 e. The van der Waals surface area contributed by atoms with Crippen LogP contribution in [0, 0.1) is 0 Å². The van der Waals surface area contributed by atoms with E-state index >= 15 is 0 Å². The zero-order chi connectivity index (χ0) is 7.44. The molecule has 0 spiro atoms. The van der Waals surface area contributed by atoms with Gasteiger partial charge in [-0.05, 0) is 0 Å². The molecule has 0 atom stereocenters. The molecular weight excluding hydrogens is 158 g/mol. The molecule has 3 nitrogen and oxygen atoms in total. The molecule has 0 N–H and O–H groups in total. The topological polar surface area (TPSA) is 29.5 Å². The average molecular weight is 165 g/mol. The first-order valence-corrected chi connectivity index (χ1v) is 2.99. The molecule has 0 aromatic heterocycles. The summed E-state index contributed by atoms with van der Waals surface area (Å²) < 4.78 is 4.52. The van der Waals surface area contributed by atoms with Gasteiger partial charge in [-0.2, -0.15) is 0 Å². The van der Waals surface area contributed by atoms with Crippen LogP contribution in [-0.4, -0.2) is 29.5 Å². The van der Waals surface area contributed by atoms with Crippen molar-refractivity contribution in [3.8, 4) is 0 Å². The molecule has 0 rings (SSSR count). The van der Waals surface area contributed by atoms with Gasteiger partial charge < -0.3 is 4.74 Å². The summed E-state index contributed by atoms with van der Waals surface area (Å²) in [5, 5.41) is 0. The molecule has 0 saturated heterocycles. The van der Waals surface area contributed by atoms with Crippen molar-refractivity contribution in [3.63, 3.8) is 0 Å². The fourth-order valence-corrected chi connectivity index (χ4v) is 0.371. The SMILES string of the molecule is COC(=O)N(C)C(=S)S. The number of methoxy groups -OCH3 is 1. The lowest BCUT2D eigenvalue weighted by Crippen LogP contribution is -2.28. The summed E-state index contributed by atoms with van der Waals surface area (Å²) in [5.74, 6) is 0. The molecule has 0 bridgehead atoms. The Balaban J connectivity index is 3.88. The number of thiol groups is 1. The van der Waals surface area contributed by atoms with Crippen LogP contribution in [0.4, 0.5) is 4.79 Å². The molecule has 0 aliphatic heterocycles. The van der Waals surface area contributed by atoms with E-state index in [0.717, 1.165) is 4.90 Å². The summed E-state index contributed by atoms with van der Waals surface area (Å²) in [6.45, 7) is 0. The lowest BCUT2D eigenvalue weighted by Gasteiger charge is -2.11. The molecular formula is C4H7NO2S2. The Hall–Kier alpha value is -0.290. The molecule has 52 valence electrons. The second-order valence-electron chi connectivity index (χ2n) is 1.31. The molecule has 0 radical (unpaired) electrons. The Kier molecular flexibility index (Phi) is 3.56. The number of amides is 1. The summed E-state index contributed by atoms with van der Waals surface area (Å²) >= 11 is 8.29. The van der Waals surface area contributed by atoms with E-state index in [1.807, 2.05) is 0 Å². The number of nitrogens with zero attached hydrogens (tertiary/aromatic N) is 1. The Bertz CT molecular complexity index is 137. The van der Waals surface area contributed by atoms with Crippen LogP contribution in [0.3, 0.4) is 0 Å². The third kappa shape index (κ3) is 2.67. The molecule has 0 aromatic rings. The van der Waals surface area contributed by atoms with Gasteiger partial charge in [0.1, 0.15) is 4.32 Å². The summed E-state index contributed by atoms with van der Waals surface area (Å²) in [4.78, 5) is 11.6. The van der Waals surface area contributed by atoms with Crippen LogP contribution in [0.2, 0.25) is 0 Å². The Morgan fingerprint density at radius 3 is 2.33 bits per heavy atom. The fraction of sp³-hybridized carbons (Fsp3) is 0.500. The molecule has 0 saturated carbocycles. The van der Waals surface area contributed by atoms with Gasteiger partial charge in [-0.3, -0.25) is 4.90 Å². The van der Waals surface area contributed by atoms with Crippen LogP contribution < -0.4 is 0 Å². The standard InChI is InChI=1S/C4H7NO2S2/c1-5(4(8)9)3(6)7-2/h1-2H3,(H,8,9). The third-order valence-corrected chi connectivity index (χ3v) is 1.31. The van der Waals surface area contributed by atoms with Crippen molar-refractivity contribution in [2.24, 2.45) is 0 Å². The van der Waals surface area contributed by atoms with Gasteiger partial charge in [0.2, 0.25) is 0 Å². The van der Waals surface area contributed by atoms with Crippen molar-refractivity contribution in [1.29, 1.82) is 0 Å². The molecule has 0 aromatic carbocycles. The van der Waals surface area contributed by atoms with E-state index in [0.29, 0.717) is 0 Å². The van der Waals surface area contributed by atoms with Crippen molar-refractivity contribution < 1.29 is 9.53 Å². The normalized spacial score (nSPS) is 8.33. The van der Waals surface area contributed by atoms with Gasteiger partial charge in [0.25, 0.3) is 0 Å². The van der Waals surface area contributed by atoms with E-state index in [1.54, 1.807) is 0 Å². The molecule has 9 heavy (non-hydrogen) atoms. The van der Waals surface area contributed by atoms with E-state index < -0.39 is 6.09 Å². The van der Waals surface area contributed by atoms with E-state index in [2.05, 4.69) is 29.6 Å². The first kappa shape index (κ1) is 8.71. The highest BCUT2D eigenvalue weighted by Gasteiger charge is 2.08. The number of ether oxygens (including phenoxy) is 1. The second-order valence-corrected chi connectivity index (χ2v) is 2.42. The van der Waals surface area contributed by atoms with Crippen LogP contribution >= 0.6 is 24.8 Å². The number of thiocarbonyl (C=S) groups is 1. The monoisotopic (exact) mass is 165 g/mol. The molecule has 0 aliphatic rings. The summed E-state index contributed by atoms with van der Waals surface area (Å²) in [6, 6.07) is 0. The second kappa shape index (κ2) is 3.68. The number of carbonyl (C=O) groups is 1. The number of rotatable bonds is 0. The van der Waals surface area contributed by atoms with Crippen LogP contribution in [0.1, 0.15) is 0 Å². The molecule has 1 amide bonds. The highest BCUT2D eigenvalue weighted by Crippen LogP contribution is 1.94. The van der Waals surface area contributed by atoms with E-state index in [9.17, 15) is 4.79 Å². The summed E-state index contributed by atoms with van der Waals surface area (Å²) in [5.41, 5.74) is 0. The quantitative estimate of drug-likeness (QED) is 0.427. The van der Waals surface area contributed by atoms with E-state index in [-0.39, 0.29) is 4.32 Å². The van der Waals surface area contributed by atoms with Gasteiger partial charge >= 0.3 is 6.09 Å². The van der Waals surface area contributed by atoms with Gasteiger partial charge in [-0.25, -0.2) is 4.79 Å². The smallest absolute Gasteiger partial charge is 0.414 e. The van der Waals surface area contributed by atoms with Crippen molar-refractivity contribution in [1.82, 2.24) is 4.90 Å². The molecule has 0 heterocycles. The maximum atomic E-state index is 10.5. The van der Waals surface area contributed by atoms with E-state index in [1.165, 1.54) is 14.2 Å². The summed E-state index contributed by atoms with van der Waals surface area (Å²) in [6.07, 6.45) is -0.505. The molecule has 0 fully saturated rings. The Labute approximate surface area is 64.4 Å². The largest absolute Gasteiger partial charge is 0.452 e. The lowest BCUT2D eigenvalue weighted by molar-refractivity contribution is 0.153. The highest BCUT2D eigenvalue weighted by atomic mass is 32.1. The summed E-state index contributed by atoms with van der Waals surface area (Å²) in [7, 11) is 2.77. The van der Waals surface area contributed by atoms with Gasteiger partial charge in [-0.1, -0.05) is 12.2 Å². The zero-order valence-electron chi connectivity index (χ0n) is 5.12. The fourth-order valence-electron chi connectivity index (χ4n) is 0.215. The number of hydrogen-bond acceptors (Lipinski definition) is 3. The van der Waals surface area contributed by atoms with Crippen molar-refractivity contribution >= 4 is 35.3 Å². The minimum absolute atomic E-state index is 0.196. The predicted molar refractivity (Wildman–Crippen MR) is 41.8 cm³/mol. The maximum absolute atomic E-state index is 10.5. The van der Waals surface area contributed by atoms with Crippen LogP contribution in [0.15, 0.2) is 0 Å². The predicted octanol–water partition coefficient (Wildman–Crippen LogP) is 0.899. The van der Waals surface area contributed by atoms with Gasteiger partial charge in [0, 0.05) is 7.05 Å². The van der Waals surface area contributed by atoms with Crippen molar-refractivity contribution in [3.05, 3.63) is 0 Å². The molecule has 5 heteroatoms. The Morgan fingerprint density at radius 2 is 2.22 bits per heavy atom. The minimum Gasteiger partial charge on any atom is -0.452 e. The molecule has 0 unspecified atom stereocenters. The third-order valence-electron chi connectivity index (χ3n) is 0.735. The van der Waals surface area contributed by atoms with Crippen molar-refractivity contribution in [2.75, 3.05) is 14.2 Å². The zero-order valence-corrected chi connectivity index (χ0v) is 6.83. The van der Waals surface area contributed by atoms with Crippen LogP contribution in [-0.2, 0) is 4.74 Å². The minimum atomic E-state index is -0.505.